The average Bonchev–Trinajstić information content (AvgIpc) is 2.99. The van der Waals surface area contributed by atoms with E-state index in [1.807, 2.05) is 0 Å². The van der Waals surface area contributed by atoms with Crippen molar-refractivity contribution >= 4 is 41.0 Å². The van der Waals surface area contributed by atoms with Crippen LogP contribution in [0.25, 0.3) is 11.1 Å². The predicted molar refractivity (Wildman–Crippen MR) is 159 cm³/mol. The van der Waals surface area contributed by atoms with E-state index in [4.69, 9.17) is 38.5 Å². The summed E-state index contributed by atoms with van der Waals surface area (Å²) >= 11 is 12.5. The largest absolute Gasteiger partial charge is 0.493 e. The second kappa shape index (κ2) is 16.7. The van der Waals surface area contributed by atoms with Gasteiger partial charge in [0.2, 0.25) is 0 Å². The molecule has 2 aromatic carbocycles. The van der Waals surface area contributed by atoms with E-state index in [1.165, 1.54) is 23.7 Å². The number of aliphatic carboxylic acids is 1. The minimum absolute atomic E-state index is 0.0143. The molecule has 0 fully saturated rings. The van der Waals surface area contributed by atoms with E-state index in [0.29, 0.717) is 47.7 Å². The van der Waals surface area contributed by atoms with Crippen molar-refractivity contribution in [1.29, 1.82) is 0 Å². The number of alkyl halides is 2. The number of aromatic nitrogens is 2. The maximum absolute atomic E-state index is 12.9. The predicted octanol–water partition coefficient (Wildman–Crippen LogP) is 3.20. The number of carbonyl (C=O) groups excluding carboxylic acids is 2. The zero-order valence-corrected chi connectivity index (χ0v) is 25.6. The monoisotopic (exact) mass is 676 g/mol. The van der Waals surface area contributed by atoms with Gasteiger partial charge in [-0.05, 0) is 43.1 Å². The van der Waals surface area contributed by atoms with E-state index in [-0.39, 0.29) is 22.0 Å². The van der Waals surface area contributed by atoms with Crippen molar-refractivity contribution in [2.75, 3.05) is 13.2 Å². The van der Waals surface area contributed by atoms with E-state index in [1.54, 1.807) is 38.2 Å². The van der Waals surface area contributed by atoms with Crippen molar-refractivity contribution in [3.8, 4) is 16.9 Å². The highest BCUT2D eigenvalue weighted by atomic mass is 35.5. The molecule has 0 bridgehead atoms. The fraction of sp³-hybridized carbons (Fsp3) is 0.321. The van der Waals surface area contributed by atoms with Crippen molar-refractivity contribution in [2.24, 2.45) is 19.8 Å². The highest BCUT2D eigenvalue weighted by molar-refractivity contribution is 6.40. The van der Waals surface area contributed by atoms with Gasteiger partial charge in [0, 0.05) is 30.7 Å². The number of nitrogens with zero attached hydrogens (tertiary/aromatic N) is 2. The third-order valence-corrected chi connectivity index (χ3v) is 6.95. The summed E-state index contributed by atoms with van der Waals surface area (Å²) in [5.74, 6) is -3.79. The summed E-state index contributed by atoms with van der Waals surface area (Å²) in [5, 5.41) is 12.2. The number of rotatable bonds is 11. The van der Waals surface area contributed by atoms with Gasteiger partial charge >= 0.3 is 24.1 Å². The average molecular weight is 677 g/mol. The first kappa shape index (κ1) is 36.8. The summed E-state index contributed by atoms with van der Waals surface area (Å²) in [6, 6.07) is 8.23. The Bertz CT molecular complexity index is 1640. The Morgan fingerprint density at radius 3 is 2.09 bits per heavy atom. The number of nitrogens with one attached hydrogen (secondary N) is 1. The van der Waals surface area contributed by atoms with E-state index in [9.17, 15) is 37.6 Å². The second-order valence-corrected chi connectivity index (χ2v) is 10.2. The van der Waals surface area contributed by atoms with Gasteiger partial charge in [-0.3, -0.25) is 14.2 Å². The molecule has 0 radical (unpaired) electrons. The molecule has 1 atom stereocenters. The number of halogens is 5. The number of carboxylic acid groups (broad SMARTS) is 1. The number of hydrogen-bond acceptors (Lipinski definition) is 8. The Morgan fingerprint density at radius 1 is 1.04 bits per heavy atom. The molecule has 0 saturated carbocycles. The van der Waals surface area contributed by atoms with Crippen LogP contribution in [0.3, 0.4) is 0 Å². The van der Waals surface area contributed by atoms with Gasteiger partial charge in [0.25, 0.3) is 11.5 Å². The minimum Gasteiger partial charge on any atom is -0.493 e. The highest BCUT2D eigenvalue weighted by Gasteiger charge is 2.25. The summed E-state index contributed by atoms with van der Waals surface area (Å²) in [4.78, 5) is 61.0. The molecule has 0 saturated heterocycles. The lowest BCUT2D eigenvalue weighted by molar-refractivity contribution is -0.196. The number of carbonyl (C=O) groups is 3. The lowest BCUT2D eigenvalue weighted by Crippen LogP contribution is -2.42. The Balaban J connectivity index is 0.000000900. The van der Waals surface area contributed by atoms with E-state index in [2.05, 4.69) is 10.3 Å². The van der Waals surface area contributed by atoms with Crippen LogP contribution in [0.2, 0.25) is 10.0 Å². The zero-order chi connectivity index (χ0) is 34.0. The van der Waals surface area contributed by atoms with E-state index in [0.717, 1.165) is 4.57 Å². The van der Waals surface area contributed by atoms with Crippen LogP contribution in [0.1, 0.15) is 28.0 Å². The molecule has 0 unspecified atom stereocenters. The van der Waals surface area contributed by atoms with E-state index < -0.39 is 41.6 Å². The summed E-state index contributed by atoms with van der Waals surface area (Å²) in [6.07, 6.45) is -2.79. The number of benzene rings is 2. The lowest BCUT2D eigenvalue weighted by Gasteiger charge is -2.17. The van der Waals surface area contributed by atoms with Crippen LogP contribution in [-0.2, 0) is 35.0 Å². The smallest absolute Gasteiger partial charge is 0.414 e. The Morgan fingerprint density at radius 2 is 1.62 bits per heavy atom. The highest BCUT2D eigenvalue weighted by Crippen LogP contribution is 2.30. The van der Waals surface area contributed by atoms with E-state index >= 15 is 0 Å². The summed E-state index contributed by atoms with van der Waals surface area (Å²) in [6.45, 7) is 2.48. The van der Waals surface area contributed by atoms with Crippen LogP contribution in [0.15, 0.2) is 46.0 Å². The molecule has 1 aromatic heterocycles. The lowest BCUT2D eigenvalue weighted by atomic mass is 10.00. The SMILES string of the molecule is Cc1c(-c2ccc(C[C@H](NC(=O)c3c(Cl)cc(OCCCN)cc3Cl)C(=O)O)cc2)c(=O)n(C)c(=O)n1C.O=C(OF)C(F)F. The van der Waals surface area contributed by atoms with Crippen LogP contribution < -0.4 is 27.0 Å². The molecule has 1 heterocycles. The first-order valence-electron chi connectivity index (χ1n) is 13.0. The van der Waals surface area contributed by atoms with Crippen LogP contribution >= 0.6 is 23.2 Å². The number of nitrogens with two attached hydrogens (primary N) is 1. The summed E-state index contributed by atoms with van der Waals surface area (Å²) in [7, 11) is 2.99. The van der Waals surface area contributed by atoms with Gasteiger partial charge in [-0.1, -0.05) is 47.5 Å². The third-order valence-electron chi connectivity index (χ3n) is 6.36. The molecule has 244 valence electrons. The molecule has 4 N–H and O–H groups in total. The molecule has 12 nitrogen and oxygen atoms in total. The summed E-state index contributed by atoms with van der Waals surface area (Å²) in [5.41, 5.74) is 6.56. The fourth-order valence-electron chi connectivity index (χ4n) is 3.91. The Kier molecular flexibility index (Phi) is 13.6. The zero-order valence-electron chi connectivity index (χ0n) is 24.1. The van der Waals surface area contributed by atoms with Gasteiger partial charge in [0.1, 0.15) is 11.8 Å². The fourth-order valence-corrected chi connectivity index (χ4v) is 4.55. The van der Waals surface area contributed by atoms with Crippen molar-refractivity contribution in [3.05, 3.63) is 84.1 Å². The quantitative estimate of drug-likeness (QED) is 0.258. The number of ether oxygens (including phenoxy) is 1. The van der Waals surface area contributed by atoms with Gasteiger partial charge in [-0.25, -0.2) is 19.3 Å². The molecule has 3 rings (SSSR count). The maximum atomic E-state index is 12.9. The van der Waals surface area contributed by atoms with Crippen LogP contribution in [0, 0.1) is 6.92 Å². The minimum atomic E-state index is -3.37. The number of carboxylic acids is 1. The second-order valence-electron chi connectivity index (χ2n) is 9.38. The van der Waals surface area contributed by atoms with Gasteiger partial charge in [-0.2, -0.15) is 8.78 Å². The van der Waals surface area contributed by atoms with Gasteiger partial charge in [-0.15, -0.1) is 0 Å². The van der Waals surface area contributed by atoms with Crippen molar-refractivity contribution in [3.63, 3.8) is 0 Å². The van der Waals surface area contributed by atoms with Gasteiger partial charge in [0.05, 0.1) is 27.8 Å². The topological polar surface area (TPSA) is 172 Å². The molecular weight excluding hydrogens is 648 g/mol. The first-order chi connectivity index (χ1) is 21.1. The third kappa shape index (κ3) is 9.57. The van der Waals surface area contributed by atoms with Crippen molar-refractivity contribution < 1.29 is 42.5 Å². The van der Waals surface area contributed by atoms with Crippen LogP contribution in [0.5, 0.6) is 5.75 Å². The molecule has 0 spiro atoms. The van der Waals surface area contributed by atoms with Gasteiger partial charge in [0.15, 0.2) is 0 Å². The number of hydrogen-bond donors (Lipinski definition) is 3. The summed E-state index contributed by atoms with van der Waals surface area (Å²) < 4.78 is 39.7. The standard InChI is InChI=1S/C26H28Cl2N4O6.C2HF3O2/c1-14-21(24(34)32(3)26(37)31(14)2)16-7-5-15(6-8-16)11-20(25(35)36)30-23(33)22-18(27)12-17(13-19(22)28)38-10-4-9-29;3-1(4)2(6)7-5/h5-8,12-13,20H,4,9-11,29H2,1-3H3,(H,30,33)(H,35,36);1H/t20-;/m0./s1. The molecular formula is C28H29Cl2F3N4O8. The van der Waals surface area contributed by atoms with Crippen molar-refractivity contribution in [2.45, 2.75) is 32.2 Å². The Hall–Kier alpha value is -4.34. The molecule has 1 amide bonds. The molecule has 0 aliphatic heterocycles. The first-order valence-corrected chi connectivity index (χ1v) is 13.7. The molecule has 3 aromatic rings. The normalized spacial score (nSPS) is 11.3. The van der Waals surface area contributed by atoms with Crippen LogP contribution in [0.4, 0.5) is 13.3 Å². The Labute approximate surface area is 264 Å². The molecule has 0 aliphatic rings. The molecule has 0 aliphatic carbocycles. The molecule has 45 heavy (non-hydrogen) atoms. The van der Waals surface area contributed by atoms with Crippen molar-refractivity contribution in [1.82, 2.24) is 14.5 Å². The van der Waals surface area contributed by atoms with Crippen LogP contribution in [-0.4, -0.2) is 57.7 Å². The maximum Gasteiger partial charge on any atom is 0.414 e. The van der Waals surface area contributed by atoms with Gasteiger partial charge < -0.3 is 25.5 Å². The number of amides is 1. The molecule has 17 heteroatoms.